The number of carbonyl (C=O) groups is 1. The third kappa shape index (κ3) is 3.48. The number of rotatable bonds is 5. The van der Waals surface area contributed by atoms with Gasteiger partial charge in [0.05, 0.1) is 25.9 Å². The zero-order valence-corrected chi connectivity index (χ0v) is 14.0. The molecule has 2 aromatic carbocycles. The lowest BCUT2D eigenvalue weighted by Gasteiger charge is -2.12. The highest BCUT2D eigenvalue weighted by atomic mass is 16.5. The quantitative estimate of drug-likeness (QED) is 0.663. The Morgan fingerprint density at radius 3 is 2.56 bits per heavy atom. The van der Waals surface area contributed by atoms with Crippen molar-refractivity contribution < 1.29 is 18.7 Å². The van der Waals surface area contributed by atoms with E-state index >= 15 is 0 Å². The summed E-state index contributed by atoms with van der Waals surface area (Å²) in [7, 11) is 2.97. The molecule has 1 aromatic heterocycles. The number of carbonyl (C=O) groups excluding carboxylic acids is 1. The lowest BCUT2D eigenvalue weighted by Crippen LogP contribution is -2.16. The van der Waals surface area contributed by atoms with Crippen LogP contribution >= 0.6 is 0 Å². The fourth-order valence-corrected chi connectivity index (χ4v) is 2.74. The first-order chi connectivity index (χ1) is 12.1. The van der Waals surface area contributed by atoms with E-state index in [0.29, 0.717) is 23.3 Å². The van der Waals surface area contributed by atoms with Crippen LogP contribution < -0.4 is 4.74 Å². The normalized spacial score (nSPS) is 11.7. The fraction of sp³-hybridized carbons (Fsp3) is 0.200. The van der Waals surface area contributed by atoms with Crippen molar-refractivity contribution in [2.24, 2.45) is 0 Å². The van der Waals surface area contributed by atoms with Gasteiger partial charge < -0.3 is 13.9 Å². The maximum absolute atomic E-state index is 12.3. The lowest BCUT2D eigenvalue weighted by atomic mass is 9.96. The first-order valence-electron chi connectivity index (χ1n) is 7.79. The summed E-state index contributed by atoms with van der Waals surface area (Å²) in [5, 5.41) is 9.80. The Labute approximate surface area is 145 Å². The Hall–Kier alpha value is -3.26. The van der Waals surface area contributed by atoms with Crippen LogP contribution in [-0.4, -0.2) is 20.2 Å². The van der Waals surface area contributed by atoms with Crippen LogP contribution in [0, 0.1) is 11.3 Å². The Morgan fingerprint density at radius 1 is 1.16 bits per heavy atom. The predicted molar refractivity (Wildman–Crippen MR) is 92.4 cm³/mol. The van der Waals surface area contributed by atoms with Crippen molar-refractivity contribution in [1.82, 2.24) is 0 Å². The average Bonchev–Trinajstić information content (AvgIpc) is 3.08. The van der Waals surface area contributed by atoms with Gasteiger partial charge in [-0.3, -0.25) is 4.79 Å². The topological polar surface area (TPSA) is 72.5 Å². The average molecular weight is 335 g/mol. The lowest BCUT2D eigenvalue weighted by molar-refractivity contribution is -0.142. The molecule has 0 bridgehead atoms. The maximum atomic E-state index is 12.3. The van der Waals surface area contributed by atoms with Gasteiger partial charge in [0.15, 0.2) is 0 Å². The smallest absolute Gasteiger partial charge is 0.316 e. The molecule has 1 atom stereocenters. The zero-order chi connectivity index (χ0) is 17.8. The summed E-state index contributed by atoms with van der Waals surface area (Å²) in [4.78, 5) is 12.3. The third-order valence-electron chi connectivity index (χ3n) is 4.09. The molecule has 0 aliphatic heterocycles. The molecule has 126 valence electrons. The maximum Gasteiger partial charge on any atom is 0.316 e. The molecular weight excluding hydrogens is 318 g/mol. The summed E-state index contributed by atoms with van der Waals surface area (Å²) in [6.45, 7) is 0. The van der Waals surface area contributed by atoms with Gasteiger partial charge in [-0.2, -0.15) is 5.26 Å². The number of methoxy groups -OCH3 is 2. The van der Waals surface area contributed by atoms with Crippen molar-refractivity contribution in [2.45, 2.75) is 12.3 Å². The SMILES string of the molecule is COC(=O)C(Cc1ccc(OC)cc1)c1cc2cc(C#N)ccc2o1. The Balaban J connectivity index is 1.94. The monoisotopic (exact) mass is 335 g/mol. The first kappa shape index (κ1) is 16.6. The molecule has 1 heterocycles. The number of benzene rings is 2. The Kier molecular flexibility index (Phi) is 4.71. The van der Waals surface area contributed by atoms with Gasteiger partial charge in [-0.05, 0) is 48.4 Å². The zero-order valence-electron chi connectivity index (χ0n) is 14.0. The van der Waals surface area contributed by atoms with E-state index in [2.05, 4.69) is 6.07 Å². The number of hydrogen-bond acceptors (Lipinski definition) is 5. The molecule has 0 aliphatic rings. The summed E-state index contributed by atoms with van der Waals surface area (Å²) in [6.07, 6.45) is 0.446. The van der Waals surface area contributed by atoms with Crippen LogP contribution in [0.4, 0.5) is 0 Å². The molecule has 5 heteroatoms. The molecule has 5 nitrogen and oxygen atoms in total. The van der Waals surface area contributed by atoms with Gasteiger partial charge >= 0.3 is 5.97 Å². The van der Waals surface area contributed by atoms with Gasteiger partial charge in [-0.1, -0.05) is 12.1 Å². The Bertz CT molecular complexity index is 934. The second-order valence-corrected chi connectivity index (χ2v) is 5.64. The highest BCUT2D eigenvalue weighted by molar-refractivity contribution is 5.83. The largest absolute Gasteiger partial charge is 0.497 e. The highest BCUT2D eigenvalue weighted by Gasteiger charge is 2.26. The molecule has 0 saturated carbocycles. The van der Waals surface area contributed by atoms with Gasteiger partial charge in [0.25, 0.3) is 0 Å². The van der Waals surface area contributed by atoms with E-state index in [4.69, 9.17) is 19.2 Å². The van der Waals surface area contributed by atoms with E-state index < -0.39 is 5.92 Å². The minimum Gasteiger partial charge on any atom is -0.497 e. The van der Waals surface area contributed by atoms with Crippen molar-refractivity contribution >= 4 is 16.9 Å². The minimum atomic E-state index is -0.559. The van der Waals surface area contributed by atoms with E-state index in [1.165, 1.54) is 7.11 Å². The Morgan fingerprint density at radius 2 is 1.92 bits per heavy atom. The van der Waals surface area contributed by atoms with Crippen molar-refractivity contribution in [2.75, 3.05) is 14.2 Å². The fourth-order valence-electron chi connectivity index (χ4n) is 2.74. The van der Waals surface area contributed by atoms with Gasteiger partial charge in [0, 0.05) is 5.39 Å². The van der Waals surface area contributed by atoms with E-state index in [1.54, 1.807) is 31.4 Å². The van der Waals surface area contributed by atoms with E-state index in [1.807, 2.05) is 24.3 Å². The van der Waals surface area contributed by atoms with Gasteiger partial charge in [0.2, 0.25) is 0 Å². The van der Waals surface area contributed by atoms with Crippen LogP contribution in [0.5, 0.6) is 5.75 Å². The van der Waals surface area contributed by atoms with E-state index in [0.717, 1.165) is 16.7 Å². The molecular formula is C20H17NO4. The molecule has 0 aliphatic carbocycles. The molecule has 1 unspecified atom stereocenters. The van der Waals surface area contributed by atoms with Crippen LogP contribution in [0.3, 0.4) is 0 Å². The molecule has 3 aromatic rings. The van der Waals surface area contributed by atoms with E-state index in [-0.39, 0.29) is 5.97 Å². The number of esters is 1. The second kappa shape index (κ2) is 7.10. The van der Waals surface area contributed by atoms with E-state index in [9.17, 15) is 4.79 Å². The number of nitrogens with zero attached hydrogens (tertiary/aromatic N) is 1. The van der Waals surface area contributed by atoms with Crippen LogP contribution in [0.1, 0.15) is 22.8 Å². The minimum absolute atomic E-state index is 0.365. The third-order valence-corrected chi connectivity index (χ3v) is 4.09. The van der Waals surface area contributed by atoms with Gasteiger partial charge in [-0.25, -0.2) is 0 Å². The second-order valence-electron chi connectivity index (χ2n) is 5.64. The number of fused-ring (bicyclic) bond motifs is 1. The van der Waals surface area contributed by atoms with Gasteiger partial charge in [0.1, 0.15) is 23.0 Å². The molecule has 0 amide bonds. The van der Waals surface area contributed by atoms with Crippen LogP contribution in [-0.2, 0) is 16.0 Å². The number of ether oxygens (including phenoxy) is 2. The van der Waals surface area contributed by atoms with Crippen LogP contribution in [0.15, 0.2) is 52.9 Å². The summed E-state index contributed by atoms with van der Waals surface area (Å²) < 4.78 is 15.9. The summed E-state index contributed by atoms with van der Waals surface area (Å²) in [5.74, 6) is 0.352. The molecule has 25 heavy (non-hydrogen) atoms. The molecule has 0 fully saturated rings. The molecule has 3 rings (SSSR count). The number of nitriles is 1. The number of hydrogen-bond donors (Lipinski definition) is 0. The van der Waals surface area contributed by atoms with Crippen molar-refractivity contribution in [1.29, 1.82) is 5.26 Å². The summed E-state index contributed by atoms with van der Waals surface area (Å²) in [6, 6.07) is 16.6. The summed E-state index contributed by atoms with van der Waals surface area (Å²) in [5.41, 5.74) is 2.15. The summed E-state index contributed by atoms with van der Waals surface area (Å²) >= 11 is 0. The highest BCUT2D eigenvalue weighted by Crippen LogP contribution is 2.29. The van der Waals surface area contributed by atoms with Crippen molar-refractivity contribution in [3.8, 4) is 11.8 Å². The van der Waals surface area contributed by atoms with Crippen LogP contribution in [0.2, 0.25) is 0 Å². The number of furan rings is 1. The van der Waals surface area contributed by atoms with Crippen molar-refractivity contribution in [3.63, 3.8) is 0 Å². The van der Waals surface area contributed by atoms with Gasteiger partial charge in [-0.15, -0.1) is 0 Å². The molecule has 0 spiro atoms. The first-order valence-corrected chi connectivity index (χ1v) is 7.79. The van der Waals surface area contributed by atoms with Crippen LogP contribution in [0.25, 0.3) is 11.0 Å². The molecule has 0 saturated heterocycles. The predicted octanol–water partition coefficient (Wildman–Crippen LogP) is 3.81. The molecule has 0 N–H and O–H groups in total. The standard InChI is InChI=1S/C20H17NO4/c1-23-16-6-3-13(4-7-16)10-17(20(22)24-2)19-11-15-9-14(12-21)5-8-18(15)25-19/h3-9,11,17H,10H2,1-2H3. The van der Waals surface area contributed by atoms with Crippen molar-refractivity contribution in [3.05, 3.63) is 65.4 Å². The molecule has 0 radical (unpaired) electrons.